The van der Waals surface area contributed by atoms with Gasteiger partial charge in [-0.1, -0.05) is 6.07 Å². The summed E-state index contributed by atoms with van der Waals surface area (Å²) in [5.74, 6) is 0. The van der Waals surface area contributed by atoms with E-state index >= 15 is 0 Å². The van der Waals surface area contributed by atoms with Gasteiger partial charge in [0.05, 0.1) is 5.69 Å². The number of nitrogens with zero attached hydrogens (tertiary/aromatic N) is 4. The molecule has 0 bridgehead atoms. The van der Waals surface area contributed by atoms with E-state index in [9.17, 15) is 0 Å². The van der Waals surface area contributed by atoms with Crippen molar-refractivity contribution >= 4 is 11.1 Å². The largest absolute Gasteiger partial charge is 0.443 e. The minimum atomic E-state index is 0.403. The first-order valence-corrected chi connectivity index (χ1v) is 5.06. The first-order chi connectivity index (χ1) is 8.28. The highest BCUT2D eigenvalue weighted by atomic mass is 16.3. The van der Waals surface area contributed by atoms with E-state index in [-0.39, 0.29) is 0 Å². The zero-order valence-electron chi connectivity index (χ0n) is 9.08. The Morgan fingerprint density at radius 3 is 3.00 bits per heavy atom. The van der Waals surface area contributed by atoms with Gasteiger partial charge in [0.25, 0.3) is 0 Å². The highest BCUT2D eigenvalue weighted by Crippen LogP contribution is 2.24. The highest BCUT2D eigenvalue weighted by Gasteiger charge is 2.08. The van der Waals surface area contributed by atoms with Crippen LogP contribution in [0.4, 0.5) is 0 Å². The molecule has 0 spiro atoms. The number of hydrogen-bond donors (Lipinski definition) is 0. The van der Waals surface area contributed by atoms with Gasteiger partial charge < -0.3 is 4.42 Å². The topological polar surface area (TPSA) is 67.6 Å². The van der Waals surface area contributed by atoms with E-state index in [0.29, 0.717) is 5.69 Å². The van der Waals surface area contributed by atoms with Crippen molar-refractivity contribution in [2.45, 2.75) is 0 Å². The Balaban J connectivity index is 2.19. The van der Waals surface area contributed by atoms with Gasteiger partial charge >= 0.3 is 0 Å². The molecule has 0 saturated heterocycles. The molecule has 0 aliphatic heterocycles. The van der Waals surface area contributed by atoms with E-state index in [1.54, 1.807) is 17.8 Å². The number of nitriles is 1. The third-order valence-corrected chi connectivity index (χ3v) is 2.62. The van der Waals surface area contributed by atoms with E-state index in [1.807, 2.05) is 24.3 Å². The molecular weight excluding hydrogens is 216 g/mol. The van der Waals surface area contributed by atoms with Crippen LogP contribution in [0.3, 0.4) is 0 Å². The molecule has 0 aliphatic rings. The monoisotopic (exact) mass is 224 g/mol. The lowest BCUT2D eigenvalue weighted by molar-refractivity contribution is 0.602. The van der Waals surface area contributed by atoms with Crippen molar-refractivity contribution in [1.82, 2.24) is 14.8 Å². The molecule has 5 nitrogen and oxygen atoms in total. The Bertz CT molecular complexity index is 732. The van der Waals surface area contributed by atoms with Crippen LogP contribution in [0.2, 0.25) is 0 Å². The molecule has 17 heavy (non-hydrogen) atoms. The number of benzene rings is 1. The third-order valence-electron chi connectivity index (χ3n) is 2.62. The van der Waals surface area contributed by atoms with Crippen LogP contribution in [-0.4, -0.2) is 14.8 Å². The molecule has 2 heterocycles. The van der Waals surface area contributed by atoms with E-state index in [0.717, 1.165) is 22.4 Å². The van der Waals surface area contributed by atoms with Gasteiger partial charge in [-0.25, -0.2) is 4.98 Å². The van der Waals surface area contributed by atoms with Crippen LogP contribution >= 0.6 is 0 Å². The number of rotatable bonds is 1. The minimum Gasteiger partial charge on any atom is -0.443 e. The Hall–Kier alpha value is -2.61. The van der Waals surface area contributed by atoms with Gasteiger partial charge in [0.15, 0.2) is 17.7 Å². The number of aryl methyl sites for hydroxylation is 1. The zero-order valence-corrected chi connectivity index (χ0v) is 9.08. The Morgan fingerprint density at radius 1 is 1.35 bits per heavy atom. The summed E-state index contributed by atoms with van der Waals surface area (Å²) in [7, 11) is 1.81. The summed E-state index contributed by atoms with van der Waals surface area (Å²) in [6.07, 6.45) is 1.42. The smallest absolute Gasteiger partial charge is 0.181 e. The van der Waals surface area contributed by atoms with Crippen molar-refractivity contribution in [1.29, 1.82) is 5.26 Å². The third kappa shape index (κ3) is 1.47. The molecule has 0 aliphatic carbocycles. The van der Waals surface area contributed by atoms with Gasteiger partial charge in [0.1, 0.15) is 11.6 Å². The molecular formula is C12H8N4O. The maximum absolute atomic E-state index is 8.81. The normalized spacial score (nSPS) is 10.6. The van der Waals surface area contributed by atoms with Crippen molar-refractivity contribution < 1.29 is 4.42 Å². The molecule has 3 rings (SSSR count). The molecule has 0 N–H and O–H groups in total. The van der Waals surface area contributed by atoms with Crippen LogP contribution in [0.15, 0.2) is 35.1 Å². The van der Waals surface area contributed by atoms with E-state index in [2.05, 4.69) is 10.1 Å². The molecule has 1 aromatic carbocycles. The summed E-state index contributed by atoms with van der Waals surface area (Å²) < 4.78 is 6.92. The number of hydrogen-bond acceptors (Lipinski definition) is 4. The quantitative estimate of drug-likeness (QED) is 0.634. The maximum Gasteiger partial charge on any atom is 0.181 e. The van der Waals surface area contributed by atoms with Gasteiger partial charge in [0.2, 0.25) is 0 Å². The lowest BCUT2D eigenvalue weighted by atomic mass is 10.1. The minimum absolute atomic E-state index is 0.403. The van der Waals surface area contributed by atoms with Crippen molar-refractivity contribution in [2.24, 2.45) is 7.05 Å². The SMILES string of the molecule is Cn1nc(C#N)cc1-c1ccc2ncoc2c1. The number of aromatic nitrogens is 3. The van der Waals surface area contributed by atoms with Gasteiger partial charge in [-0.3, -0.25) is 4.68 Å². The van der Waals surface area contributed by atoms with Crippen LogP contribution in [0.25, 0.3) is 22.4 Å². The molecule has 0 fully saturated rings. The maximum atomic E-state index is 8.81. The second-order valence-corrected chi connectivity index (χ2v) is 3.69. The summed E-state index contributed by atoms with van der Waals surface area (Å²) in [6.45, 7) is 0. The van der Waals surface area contributed by atoms with Gasteiger partial charge in [-0.15, -0.1) is 0 Å². The Kier molecular flexibility index (Phi) is 1.95. The molecule has 82 valence electrons. The first-order valence-electron chi connectivity index (χ1n) is 5.06. The van der Waals surface area contributed by atoms with Crippen LogP contribution in [0.1, 0.15) is 5.69 Å². The molecule has 0 radical (unpaired) electrons. The second kappa shape index (κ2) is 3.46. The molecule has 5 heteroatoms. The van der Waals surface area contributed by atoms with Gasteiger partial charge in [-0.2, -0.15) is 10.4 Å². The second-order valence-electron chi connectivity index (χ2n) is 3.69. The average molecular weight is 224 g/mol. The van der Waals surface area contributed by atoms with Crippen molar-refractivity contribution in [3.63, 3.8) is 0 Å². The van der Waals surface area contributed by atoms with E-state index < -0.39 is 0 Å². The zero-order chi connectivity index (χ0) is 11.8. The van der Waals surface area contributed by atoms with Crippen LogP contribution in [-0.2, 0) is 7.05 Å². The summed E-state index contributed by atoms with van der Waals surface area (Å²) in [6, 6.07) is 9.48. The van der Waals surface area contributed by atoms with E-state index in [1.165, 1.54) is 6.39 Å². The van der Waals surface area contributed by atoms with Crippen molar-refractivity contribution in [3.05, 3.63) is 36.4 Å². The lowest BCUT2D eigenvalue weighted by Gasteiger charge is -2.00. The van der Waals surface area contributed by atoms with Crippen LogP contribution in [0.5, 0.6) is 0 Å². The summed E-state index contributed by atoms with van der Waals surface area (Å²) in [5.41, 5.74) is 3.77. The van der Waals surface area contributed by atoms with Gasteiger partial charge in [0, 0.05) is 18.7 Å². The molecule has 2 aromatic heterocycles. The summed E-state index contributed by atoms with van der Waals surface area (Å²) in [4.78, 5) is 4.06. The molecule has 0 atom stereocenters. The number of oxazole rings is 1. The summed E-state index contributed by atoms with van der Waals surface area (Å²) in [5, 5.41) is 12.9. The standard InChI is InChI=1S/C12H8N4O/c1-16-11(5-9(6-13)15-16)8-2-3-10-12(4-8)17-7-14-10/h2-5,7H,1H3. The van der Waals surface area contributed by atoms with Crippen molar-refractivity contribution in [2.75, 3.05) is 0 Å². The van der Waals surface area contributed by atoms with Crippen LogP contribution in [0, 0.1) is 11.3 Å². The summed E-state index contributed by atoms with van der Waals surface area (Å²) >= 11 is 0. The first kappa shape index (κ1) is 9.60. The van der Waals surface area contributed by atoms with Crippen LogP contribution < -0.4 is 0 Å². The highest BCUT2D eigenvalue weighted by molar-refractivity contribution is 5.79. The number of fused-ring (bicyclic) bond motifs is 1. The fraction of sp³-hybridized carbons (Fsp3) is 0.0833. The molecule has 3 aromatic rings. The van der Waals surface area contributed by atoms with E-state index in [4.69, 9.17) is 9.68 Å². The molecule has 0 unspecified atom stereocenters. The Morgan fingerprint density at radius 2 is 2.24 bits per heavy atom. The predicted molar refractivity (Wildman–Crippen MR) is 60.9 cm³/mol. The van der Waals surface area contributed by atoms with Gasteiger partial charge in [-0.05, 0) is 12.1 Å². The fourth-order valence-electron chi connectivity index (χ4n) is 1.81. The van der Waals surface area contributed by atoms with Crippen molar-refractivity contribution in [3.8, 4) is 17.3 Å². The lowest BCUT2D eigenvalue weighted by Crippen LogP contribution is -1.93. The predicted octanol–water partition coefficient (Wildman–Crippen LogP) is 2.10. The average Bonchev–Trinajstić information content (AvgIpc) is 2.93. The fourth-order valence-corrected chi connectivity index (χ4v) is 1.81. The molecule has 0 saturated carbocycles. The Labute approximate surface area is 96.9 Å². The molecule has 0 amide bonds.